The highest BCUT2D eigenvalue weighted by Crippen LogP contribution is 2.31. The molecule has 0 radical (unpaired) electrons. The maximum Gasteiger partial charge on any atom is 0.140 e. The Kier molecular flexibility index (Phi) is 3.47. The number of rotatable bonds is 3. The van der Waals surface area contributed by atoms with E-state index < -0.39 is 0 Å². The number of nitrogens with two attached hydrogens (primary N) is 2. The molecule has 0 heterocycles. The molecule has 0 aliphatic heterocycles. The molecule has 14 heavy (non-hydrogen) atoms. The molecule has 0 unspecified atom stereocenters. The van der Waals surface area contributed by atoms with Crippen molar-refractivity contribution in [2.75, 3.05) is 18.1 Å². The molecule has 1 aromatic rings. The number of hydrogen-bond acceptors (Lipinski definition) is 3. The van der Waals surface area contributed by atoms with E-state index in [0.717, 1.165) is 0 Å². The van der Waals surface area contributed by atoms with Gasteiger partial charge in [0.2, 0.25) is 0 Å². The molecule has 78 valence electrons. The summed E-state index contributed by atoms with van der Waals surface area (Å²) in [4.78, 5) is 0. The average molecular weight is 215 g/mol. The fraction of sp³-hybridized carbons (Fsp3) is 0.400. The van der Waals surface area contributed by atoms with Gasteiger partial charge in [-0.3, -0.25) is 0 Å². The van der Waals surface area contributed by atoms with E-state index in [1.165, 1.54) is 0 Å². The minimum Gasteiger partial charge on any atom is -0.492 e. The van der Waals surface area contributed by atoms with Crippen molar-refractivity contribution >= 4 is 23.0 Å². The van der Waals surface area contributed by atoms with Crippen LogP contribution >= 0.6 is 11.6 Å². The summed E-state index contributed by atoms with van der Waals surface area (Å²) in [5.74, 6) is 1.04. The lowest BCUT2D eigenvalue weighted by Crippen LogP contribution is -2.05. The minimum absolute atomic E-state index is 0.449. The summed E-state index contributed by atoms with van der Waals surface area (Å²) in [5.41, 5.74) is 12.2. The van der Waals surface area contributed by atoms with Crippen LogP contribution in [0.15, 0.2) is 12.1 Å². The molecule has 3 nitrogen and oxygen atoms in total. The Balaban J connectivity index is 2.82. The van der Waals surface area contributed by atoms with Crippen molar-refractivity contribution in [3.8, 4) is 5.75 Å². The van der Waals surface area contributed by atoms with Crippen LogP contribution < -0.4 is 16.2 Å². The van der Waals surface area contributed by atoms with E-state index in [0.29, 0.717) is 34.7 Å². The first-order chi connectivity index (χ1) is 6.50. The van der Waals surface area contributed by atoms with E-state index in [4.69, 9.17) is 27.8 Å². The van der Waals surface area contributed by atoms with Crippen LogP contribution in [0.2, 0.25) is 5.02 Å². The number of hydrogen-bond donors (Lipinski definition) is 2. The first-order valence-corrected chi connectivity index (χ1v) is 4.85. The van der Waals surface area contributed by atoms with Crippen molar-refractivity contribution < 1.29 is 4.74 Å². The molecule has 0 aliphatic carbocycles. The van der Waals surface area contributed by atoms with Crippen LogP contribution in [0, 0.1) is 5.92 Å². The molecule has 0 bridgehead atoms. The van der Waals surface area contributed by atoms with E-state index in [-0.39, 0.29) is 0 Å². The van der Waals surface area contributed by atoms with Crippen molar-refractivity contribution in [2.24, 2.45) is 5.92 Å². The lowest BCUT2D eigenvalue weighted by molar-refractivity contribution is 0.271. The van der Waals surface area contributed by atoms with Crippen LogP contribution in [0.25, 0.3) is 0 Å². The maximum absolute atomic E-state index is 5.92. The van der Waals surface area contributed by atoms with Gasteiger partial charge >= 0.3 is 0 Å². The Labute approximate surface area is 89.0 Å². The molecule has 0 amide bonds. The molecular formula is C10H15ClN2O. The van der Waals surface area contributed by atoms with Gasteiger partial charge in [-0.25, -0.2) is 0 Å². The zero-order chi connectivity index (χ0) is 10.7. The van der Waals surface area contributed by atoms with Crippen molar-refractivity contribution in [1.82, 2.24) is 0 Å². The Morgan fingerprint density at radius 2 is 1.86 bits per heavy atom. The van der Waals surface area contributed by atoms with Crippen LogP contribution in [-0.2, 0) is 0 Å². The van der Waals surface area contributed by atoms with Gasteiger partial charge < -0.3 is 16.2 Å². The van der Waals surface area contributed by atoms with E-state index >= 15 is 0 Å². The third-order valence-electron chi connectivity index (χ3n) is 1.71. The topological polar surface area (TPSA) is 61.3 Å². The molecule has 4 heteroatoms. The molecule has 0 aliphatic rings. The van der Waals surface area contributed by atoms with Gasteiger partial charge in [-0.15, -0.1) is 0 Å². The maximum atomic E-state index is 5.92. The van der Waals surface area contributed by atoms with Gasteiger partial charge in [-0.2, -0.15) is 0 Å². The summed E-state index contributed by atoms with van der Waals surface area (Å²) in [5, 5.41) is 0.498. The number of ether oxygens (including phenoxy) is 1. The molecule has 0 saturated carbocycles. The fourth-order valence-electron chi connectivity index (χ4n) is 0.952. The Morgan fingerprint density at radius 3 is 2.43 bits per heavy atom. The molecule has 0 atom stereocenters. The van der Waals surface area contributed by atoms with Gasteiger partial charge in [0.15, 0.2) is 0 Å². The van der Waals surface area contributed by atoms with E-state index in [9.17, 15) is 0 Å². The quantitative estimate of drug-likeness (QED) is 0.761. The van der Waals surface area contributed by atoms with Gasteiger partial charge in [0.05, 0.1) is 23.0 Å². The van der Waals surface area contributed by atoms with Crippen molar-refractivity contribution in [2.45, 2.75) is 13.8 Å². The molecular weight excluding hydrogens is 200 g/mol. The Bertz CT molecular complexity index is 326. The van der Waals surface area contributed by atoms with Crippen LogP contribution in [-0.4, -0.2) is 6.61 Å². The van der Waals surface area contributed by atoms with Gasteiger partial charge in [-0.1, -0.05) is 25.4 Å². The van der Waals surface area contributed by atoms with Crippen LogP contribution in [0.5, 0.6) is 5.75 Å². The molecule has 1 aromatic carbocycles. The number of halogens is 1. The first kappa shape index (κ1) is 11.0. The zero-order valence-corrected chi connectivity index (χ0v) is 9.14. The fourth-order valence-corrected chi connectivity index (χ4v) is 1.18. The number of nitrogen functional groups attached to an aromatic ring is 2. The SMILES string of the molecule is CC(C)COc1cc(N)c(N)cc1Cl. The van der Waals surface area contributed by atoms with Crippen molar-refractivity contribution in [1.29, 1.82) is 0 Å². The van der Waals surface area contributed by atoms with Crippen LogP contribution in [0.1, 0.15) is 13.8 Å². The lowest BCUT2D eigenvalue weighted by atomic mass is 10.2. The molecule has 0 spiro atoms. The average Bonchev–Trinajstić information content (AvgIpc) is 2.09. The van der Waals surface area contributed by atoms with Crippen LogP contribution in [0.3, 0.4) is 0 Å². The predicted molar refractivity (Wildman–Crippen MR) is 60.6 cm³/mol. The van der Waals surface area contributed by atoms with Gasteiger partial charge in [0.25, 0.3) is 0 Å². The van der Waals surface area contributed by atoms with Gasteiger partial charge in [-0.05, 0) is 12.0 Å². The molecule has 4 N–H and O–H groups in total. The molecule has 0 aromatic heterocycles. The number of benzene rings is 1. The minimum atomic E-state index is 0.449. The normalized spacial score (nSPS) is 10.6. The number of anilines is 2. The largest absolute Gasteiger partial charge is 0.492 e. The molecule has 0 saturated heterocycles. The summed E-state index contributed by atoms with van der Waals surface area (Å²) in [6, 6.07) is 3.26. The predicted octanol–water partition coefficient (Wildman–Crippen LogP) is 2.54. The summed E-state index contributed by atoms with van der Waals surface area (Å²) >= 11 is 5.92. The van der Waals surface area contributed by atoms with Gasteiger partial charge in [0.1, 0.15) is 5.75 Å². The second-order valence-corrected chi connectivity index (χ2v) is 4.02. The summed E-state index contributed by atoms with van der Waals surface area (Å²) < 4.78 is 5.47. The van der Waals surface area contributed by atoms with Crippen molar-refractivity contribution in [3.63, 3.8) is 0 Å². The first-order valence-electron chi connectivity index (χ1n) is 4.48. The molecule has 0 fully saturated rings. The highest BCUT2D eigenvalue weighted by atomic mass is 35.5. The summed E-state index contributed by atoms with van der Waals surface area (Å²) in [7, 11) is 0. The Morgan fingerprint density at radius 1 is 1.29 bits per heavy atom. The Hall–Kier alpha value is -1.09. The van der Waals surface area contributed by atoms with Crippen LogP contribution in [0.4, 0.5) is 11.4 Å². The van der Waals surface area contributed by atoms with Crippen molar-refractivity contribution in [3.05, 3.63) is 17.2 Å². The standard InChI is InChI=1S/C10H15ClN2O/c1-6(2)5-14-10-4-9(13)8(12)3-7(10)11/h3-4,6H,5,12-13H2,1-2H3. The third kappa shape index (κ3) is 2.70. The van der Waals surface area contributed by atoms with E-state index in [1.54, 1.807) is 12.1 Å². The van der Waals surface area contributed by atoms with E-state index in [2.05, 4.69) is 13.8 Å². The second-order valence-electron chi connectivity index (χ2n) is 3.62. The summed E-state index contributed by atoms with van der Waals surface area (Å²) in [6.45, 7) is 4.74. The van der Waals surface area contributed by atoms with E-state index in [1.807, 2.05) is 0 Å². The molecule has 1 rings (SSSR count). The third-order valence-corrected chi connectivity index (χ3v) is 2.01. The lowest BCUT2D eigenvalue weighted by Gasteiger charge is -2.11. The highest BCUT2D eigenvalue weighted by molar-refractivity contribution is 6.32. The monoisotopic (exact) mass is 214 g/mol. The van der Waals surface area contributed by atoms with Gasteiger partial charge in [0, 0.05) is 6.07 Å². The second kappa shape index (κ2) is 4.42. The highest BCUT2D eigenvalue weighted by Gasteiger charge is 2.06. The summed E-state index contributed by atoms with van der Waals surface area (Å²) in [6.07, 6.45) is 0. The zero-order valence-electron chi connectivity index (χ0n) is 8.38. The smallest absolute Gasteiger partial charge is 0.140 e.